The van der Waals surface area contributed by atoms with E-state index in [1.165, 1.54) is 5.56 Å². The van der Waals surface area contributed by atoms with E-state index in [4.69, 9.17) is 10.5 Å². The Morgan fingerprint density at radius 3 is 2.62 bits per heavy atom. The minimum Gasteiger partial charge on any atom is -0.496 e. The van der Waals surface area contributed by atoms with Gasteiger partial charge >= 0.3 is 6.03 Å². The summed E-state index contributed by atoms with van der Waals surface area (Å²) < 4.78 is 5.40. The SMILES string of the molecule is COc1ccccc1C1CCN(C(=O)CNC(N)=O)CC1. The highest BCUT2D eigenvalue weighted by Gasteiger charge is 2.25. The molecule has 0 unspecified atom stereocenters. The van der Waals surface area contributed by atoms with E-state index in [0.29, 0.717) is 19.0 Å². The van der Waals surface area contributed by atoms with Crippen LogP contribution in [0.4, 0.5) is 4.79 Å². The summed E-state index contributed by atoms with van der Waals surface area (Å²) in [6.45, 7) is 1.33. The van der Waals surface area contributed by atoms with E-state index in [1.54, 1.807) is 12.0 Å². The monoisotopic (exact) mass is 291 g/mol. The second-order valence-corrected chi connectivity index (χ2v) is 5.11. The van der Waals surface area contributed by atoms with Crippen LogP contribution in [0.1, 0.15) is 24.3 Å². The van der Waals surface area contributed by atoms with Crippen LogP contribution in [-0.4, -0.2) is 43.6 Å². The molecule has 21 heavy (non-hydrogen) atoms. The fourth-order valence-electron chi connectivity index (χ4n) is 2.72. The third-order valence-electron chi connectivity index (χ3n) is 3.84. The molecule has 6 heteroatoms. The Kier molecular flexibility index (Phi) is 5.03. The minimum atomic E-state index is -0.674. The van der Waals surface area contributed by atoms with Crippen LogP contribution in [0.3, 0.4) is 0 Å². The first-order chi connectivity index (χ1) is 10.1. The first-order valence-corrected chi connectivity index (χ1v) is 7.05. The third kappa shape index (κ3) is 3.87. The van der Waals surface area contributed by atoms with Crippen molar-refractivity contribution in [3.8, 4) is 5.75 Å². The van der Waals surface area contributed by atoms with Crippen molar-refractivity contribution in [2.45, 2.75) is 18.8 Å². The molecule has 1 aliphatic heterocycles. The standard InChI is InChI=1S/C15H21N3O3/c1-21-13-5-3-2-4-12(13)11-6-8-18(9-7-11)14(19)10-17-15(16)20/h2-5,11H,6-10H2,1H3,(H3,16,17,20). The maximum atomic E-state index is 11.9. The second kappa shape index (κ2) is 6.97. The molecule has 0 aromatic heterocycles. The fourth-order valence-corrected chi connectivity index (χ4v) is 2.72. The number of rotatable bonds is 4. The zero-order valence-corrected chi connectivity index (χ0v) is 12.2. The summed E-state index contributed by atoms with van der Waals surface area (Å²) in [5.41, 5.74) is 6.16. The summed E-state index contributed by atoms with van der Waals surface area (Å²) >= 11 is 0. The van der Waals surface area contributed by atoms with E-state index in [1.807, 2.05) is 18.2 Å². The number of carbonyl (C=O) groups is 2. The molecule has 0 saturated carbocycles. The summed E-state index contributed by atoms with van der Waals surface area (Å²) in [6, 6.07) is 7.33. The molecule has 1 saturated heterocycles. The van der Waals surface area contributed by atoms with Gasteiger partial charge in [-0.25, -0.2) is 4.79 Å². The number of urea groups is 1. The Balaban J connectivity index is 1.91. The van der Waals surface area contributed by atoms with Gasteiger partial charge in [-0.05, 0) is 30.4 Å². The normalized spacial score (nSPS) is 15.6. The van der Waals surface area contributed by atoms with Crippen LogP contribution in [0.2, 0.25) is 0 Å². The van der Waals surface area contributed by atoms with Gasteiger partial charge in [-0.15, -0.1) is 0 Å². The number of nitrogens with one attached hydrogen (secondary N) is 1. The van der Waals surface area contributed by atoms with Crippen molar-refractivity contribution in [2.75, 3.05) is 26.7 Å². The van der Waals surface area contributed by atoms with Gasteiger partial charge in [0.25, 0.3) is 0 Å². The Labute approximate surface area is 124 Å². The van der Waals surface area contributed by atoms with Crippen LogP contribution < -0.4 is 15.8 Å². The first kappa shape index (κ1) is 15.2. The Hall–Kier alpha value is -2.24. The lowest BCUT2D eigenvalue weighted by Gasteiger charge is -2.32. The van der Waals surface area contributed by atoms with Gasteiger partial charge in [0.15, 0.2) is 0 Å². The molecular weight excluding hydrogens is 270 g/mol. The van der Waals surface area contributed by atoms with Crippen molar-refractivity contribution < 1.29 is 14.3 Å². The quantitative estimate of drug-likeness (QED) is 0.870. The topological polar surface area (TPSA) is 84.7 Å². The number of nitrogens with two attached hydrogens (primary N) is 1. The predicted octanol–water partition coefficient (Wildman–Crippen LogP) is 1.07. The molecule has 6 nitrogen and oxygen atoms in total. The van der Waals surface area contributed by atoms with E-state index in [0.717, 1.165) is 18.6 Å². The van der Waals surface area contributed by atoms with Crippen molar-refractivity contribution in [1.29, 1.82) is 0 Å². The van der Waals surface area contributed by atoms with E-state index in [-0.39, 0.29) is 12.5 Å². The molecule has 0 aliphatic carbocycles. The molecule has 3 amide bonds. The van der Waals surface area contributed by atoms with E-state index in [9.17, 15) is 9.59 Å². The number of carbonyl (C=O) groups excluding carboxylic acids is 2. The molecule has 2 rings (SSSR count). The molecule has 0 radical (unpaired) electrons. The number of hydrogen-bond donors (Lipinski definition) is 2. The summed E-state index contributed by atoms with van der Waals surface area (Å²) in [5, 5.41) is 2.33. The molecule has 0 atom stereocenters. The Morgan fingerprint density at radius 1 is 1.33 bits per heavy atom. The number of nitrogens with zero attached hydrogens (tertiary/aromatic N) is 1. The van der Waals surface area contributed by atoms with Crippen molar-refractivity contribution in [2.24, 2.45) is 5.73 Å². The predicted molar refractivity (Wildman–Crippen MR) is 79.1 cm³/mol. The Bertz CT molecular complexity index is 511. The van der Waals surface area contributed by atoms with Crippen molar-refractivity contribution in [3.05, 3.63) is 29.8 Å². The molecule has 3 N–H and O–H groups in total. The van der Waals surface area contributed by atoms with Gasteiger partial charge in [0.1, 0.15) is 5.75 Å². The summed E-state index contributed by atoms with van der Waals surface area (Å²) in [5.74, 6) is 1.21. The average molecular weight is 291 g/mol. The number of amides is 3. The number of piperidine rings is 1. The zero-order chi connectivity index (χ0) is 15.2. The molecule has 1 aromatic rings. The smallest absolute Gasteiger partial charge is 0.312 e. The van der Waals surface area contributed by atoms with Gasteiger partial charge < -0.3 is 20.7 Å². The average Bonchev–Trinajstić information content (AvgIpc) is 2.52. The van der Waals surface area contributed by atoms with Gasteiger partial charge in [0.05, 0.1) is 13.7 Å². The molecule has 1 aromatic carbocycles. The highest BCUT2D eigenvalue weighted by molar-refractivity contribution is 5.83. The summed E-state index contributed by atoms with van der Waals surface area (Å²) in [6.07, 6.45) is 1.78. The highest BCUT2D eigenvalue weighted by atomic mass is 16.5. The van der Waals surface area contributed by atoms with Crippen LogP contribution in [0.25, 0.3) is 0 Å². The van der Waals surface area contributed by atoms with E-state index in [2.05, 4.69) is 11.4 Å². The van der Waals surface area contributed by atoms with Crippen LogP contribution in [0.5, 0.6) is 5.75 Å². The van der Waals surface area contributed by atoms with Crippen molar-refractivity contribution >= 4 is 11.9 Å². The lowest BCUT2D eigenvalue weighted by Crippen LogP contribution is -2.44. The number of hydrogen-bond acceptors (Lipinski definition) is 3. The molecule has 1 fully saturated rings. The lowest BCUT2D eigenvalue weighted by atomic mass is 9.89. The van der Waals surface area contributed by atoms with Gasteiger partial charge in [-0.1, -0.05) is 18.2 Å². The first-order valence-electron chi connectivity index (χ1n) is 7.05. The van der Waals surface area contributed by atoms with Crippen LogP contribution in [0, 0.1) is 0 Å². The number of likely N-dealkylation sites (tertiary alicyclic amines) is 1. The van der Waals surface area contributed by atoms with Crippen LogP contribution in [-0.2, 0) is 4.79 Å². The lowest BCUT2D eigenvalue weighted by molar-refractivity contribution is -0.131. The van der Waals surface area contributed by atoms with Gasteiger partial charge in [0, 0.05) is 13.1 Å². The third-order valence-corrected chi connectivity index (χ3v) is 3.84. The van der Waals surface area contributed by atoms with E-state index < -0.39 is 6.03 Å². The number of benzene rings is 1. The summed E-state index contributed by atoms with van der Waals surface area (Å²) in [4.78, 5) is 24.3. The van der Waals surface area contributed by atoms with Gasteiger partial charge in [0.2, 0.25) is 5.91 Å². The van der Waals surface area contributed by atoms with E-state index >= 15 is 0 Å². The highest BCUT2D eigenvalue weighted by Crippen LogP contribution is 2.33. The van der Waals surface area contributed by atoms with Crippen molar-refractivity contribution in [1.82, 2.24) is 10.2 Å². The molecule has 114 valence electrons. The minimum absolute atomic E-state index is 0.0331. The largest absolute Gasteiger partial charge is 0.496 e. The fraction of sp³-hybridized carbons (Fsp3) is 0.467. The molecule has 0 spiro atoms. The van der Waals surface area contributed by atoms with Gasteiger partial charge in [-0.3, -0.25) is 4.79 Å². The van der Waals surface area contributed by atoms with Crippen LogP contribution in [0.15, 0.2) is 24.3 Å². The molecule has 0 bridgehead atoms. The zero-order valence-electron chi connectivity index (χ0n) is 12.2. The second-order valence-electron chi connectivity index (χ2n) is 5.11. The summed E-state index contributed by atoms with van der Waals surface area (Å²) in [7, 11) is 1.67. The molecule has 1 aliphatic rings. The Morgan fingerprint density at radius 2 is 2.00 bits per heavy atom. The maximum Gasteiger partial charge on any atom is 0.312 e. The number of primary amides is 1. The van der Waals surface area contributed by atoms with Crippen molar-refractivity contribution in [3.63, 3.8) is 0 Å². The molecule has 1 heterocycles. The number of methoxy groups -OCH3 is 1. The molecular formula is C15H21N3O3. The number of ether oxygens (including phenoxy) is 1. The van der Waals surface area contributed by atoms with Crippen LogP contribution >= 0.6 is 0 Å². The number of para-hydroxylation sites is 1. The maximum absolute atomic E-state index is 11.9. The van der Waals surface area contributed by atoms with Gasteiger partial charge in [-0.2, -0.15) is 0 Å².